The first-order valence-corrected chi connectivity index (χ1v) is 9.33. The Morgan fingerprint density at radius 2 is 1.73 bits per heavy atom. The van der Waals surface area contributed by atoms with E-state index in [4.69, 9.17) is 9.47 Å². The average Bonchev–Trinajstić information content (AvgIpc) is 2.64. The smallest absolute Gasteiger partial charge is 0.344 e. The van der Waals surface area contributed by atoms with Gasteiger partial charge in [-0.25, -0.2) is 4.79 Å². The van der Waals surface area contributed by atoms with E-state index in [1.807, 2.05) is 32.0 Å². The molecule has 2 rings (SSSR count). The topological polar surface area (TPSA) is 64.6 Å². The SMILES string of the molecule is Cc1ccc(SCCNC(=O)COC(=O)COc2ccccc2C)cc1. The van der Waals surface area contributed by atoms with E-state index in [0.717, 1.165) is 16.2 Å². The first-order chi connectivity index (χ1) is 12.5. The largest absolute Gasteiger partial charge is 0.482 e. The number of hydrogen-bond donors (Lipinski definition) is 1. The van der Waals surface area contributed by atoms with Gasteiger partial charge in [0.1, 0.15) is 5.75 Å². The van der Waals surface area contributed by atoms with Gasteiger partial charge in [-0.05, 0) is 37.6 Å². The van der Waals surface area contributed by atoms with E-state index in [-0.39, 0.29) is 19.1 Å². The Balaban J connectivity index is 1.57. The minimum absolute atomic E-state index is 0.221. The lowest BCUT2D eigenvalue weighted by molar-refractivity contribution is -0.150. The van der Waals surface area contributed by atoms with E-state index in [9.17, 15) is 9.59 Å². The van der Waals surface area contributed by atoms with Crippen molar-refractivity contribution in [2.45, 2.75) is 18.7 Å². The molecule has 5 nitrogen and oxygen atoms in total. The molecule has 0 bridgehead atoms. The summed E-state index contributed by atoms with van der Waals surface area (Å²) in [5.41, 5.74) is 2.15. The molecule has 0 aliphatic heterocycles. The lowest BCUT2D eigenvalue weighted by Crippen LogP contribution is -2.31. The molecule has 26 heavy (non-hydrogen) atoms. The molecule has 0 saturated carbocycles. The summed E-state index contributed by atoms with van der Waals surface area (Å²) in [6.07, 6.45) is 0. The third-order valence-corrected chi connectivity index (χ3v) is 4.53. The predicted octanol–water partition coefficient (Wildman–Crippen LogP) is 3.13. The van der Waals surface area contributed by atoms with Crippen molar-refractivity contribution in [1.82, 2.24) is 5.32 Å². The molecule has 0 radical (unpaired) electrons. The second-order valence-electron chi connectivity index (χ2n) is 5.73. The maximum absolute atomic E-state index is 11.7. The van der Waals surface area contributed by atoms with Crippen LogP contribution in [0, 0.1) is 13.8 Å². The Bertz CT molecular complexity index is 731. The number of carbonyl (C=O) groups is 2. The molecule has 0 saturated heterocycles. The third-order valence-electron chi connectivity index (χ3n) is 3.52. The van der Waals surface area contributed by atoms with Crippen LogP contribution in [0.2, 0.25) is 0 Å². The number of ether oxygens (including phenoxy) is 2. The van der Waals surface area contributed by atoms with Crippen LogP contribution in [0.3, 0.4) is 0 Å². The number of esters is 1. The van der Waals surface area contributed by atoms with Crippen LogP contribution in [0.5, 0.6) is 5.75 Å². The first kappa shape index (κ1) is 19.8. The van der Waals surface area contributed by atoms with Crippen molar-refractivity contribution in [3.63, 3.8) is 0 Å². The highest BCUT2D eigenvalue weighted by molar-refractivity contribution is 7.99. The summed E-state index contributed by atoms with van der Waals surface area (Å²) in [6, 6.07) is 15.6. The van der Waals surface area contributed by atoms with Gasteiger partial charge in [0.2, 0.25) is 0 Å². The van der Waals surface area contributed by atoms with Gasteiger partial charge in [-0.2, -0.15) is 0 Å². The van der Waals surface area contributed by atoms with Crippen molar-refractivity contribution < 1.29 is 19.1 Å². The van der Waals surface area contributed by atoms with Gasteiger partial charge < -0.3 is 14.8 Å². The van der Waals surface area contributed by atoms with E-state index in [1.165, 1.54) is 5.56 Å². The van der Waals surface area contributed by atoms with E-state index in [2.05, 4.69) is 29.6 Å². The average molecular weight is 373 g/mol. The van der Waals surface area contributed by atoms with Gasteiger partial charge in [0.15, 0.2) is 13.2 Å². The third kappa shape index (κ3) is 7.19. The van der Waals surface area contributed by atoms with Crippen LogP contribution < -0.4 is 10.1 Å². The summed E-state index contributed by atoms with van der Waals surface area (Å²) >= 11 is 1.66. The molecule has 1 N–H and O–H groups in total. The molecule has 1 amide bonds. The lowest BCUT2D eigenvalue weighted by Gasteiger charge is -2.09. The van der Waals surface area contributed by atoms with Crippen LogP contribution >= 0.6 is 11.8 Å². The molecular weight excluding hydrogens is 350 g/mol. The monoisotopic (exact) mass is 373 g/mol. The fourth-order valence-electron chi connectivity index (χ4n) is 2.09. The van der Waals surface area contributed by atoms with Crippen molar-refractivity contribution >= 4 is 23.6 Å². The maximum atomic E-state index is 11.7. The van der Waals surface area contributed by atoms with E-state index in [1.54, 1.807) is 17.8 Å². The summed E-state index contributed by atoms with van der Waals surface area (Å²) in [6.45, 7) is 3.92. The van der Waals surface area contributed by atoms with Crippen LogP contribution in [-0.4, -0.2) is 37.4 Å². The molecule has 0 aliphatic rings. The van der Waals surface area contributed by atoms with Gasteiger partial charge in [0.05, 0.1) is 0 Å². The minimum atomic E-state index is -0.572. The zero-order valence-corrected chi connectivity index (χ0v) is 15.8. The molecule has 0 atom stereocenters. The summed E-state index contributed by atoms with van der Waals surface area (Å²) in [4.78, 5) is 24.5. The highest BCUT2D eigenvalue weighted by Gasteiger charge is 2.09. The summed E-state index contributed by atoms with van der Waals surface area (Å²) in [5, 5.41) is 2.72. The van der Waals surface area contributed by atoms with Crippen molar-refractivity contribution in [2.75, 3.05) is 25.5 Å². The minimum Gasteiger partial charge on any atom is -0.482 e. The Labute approximate surface area is 158 Å². The Kier molecular flexibility index (Phi) is 8.02. The fourth-order valence-corrected chi connectivity index (χ4v) is 2.86. The van der Waals surface area contributed by atoms with E-state index >= 15 is 0 Å². The number of benzene rings is 2. The second kappa shape index (κ2) is 10.5. The zero-order chi connectivity index (χ0) is 18.8. The van der Waals surface area contributed by atoms with Crippen LogP contribution in [0.15, 0.2) is 53.4 Å². The number of amides is 1. The number of thioether (sulfide) groups is 1. The summed E-state index contributed by atoms with van der Waals surface area (Å²) in [7, 11) is 0. The maximum Gasteiger partial charge on any atom is 0.344 e. The number of para-hydroxylation sites is 1. The van der Waals surface area contributed by atoms with Gasteiger partial charge >= 0.3 is 5.97 Å². The quantitative estimate of drug-likeness (QED) is 0.416. The normalized spacial score (nSPS) is 10.2. The van der Waals surface area contributed by atoms with Gasteiger partial charge in [-0.3, -0.25) is 4.79 Å². The van der Waals surface area contributed by atoms with Gasteiger partial charge in [-0.15, -0.1) is 11.8 Å². The van der Waals surface area contributed by atoms with Gasteiger partial charge in [0.25, 0.3) is 5.91 Å². The first-order valence-electron chi connectivity index (χ1n) is 8.35. The molecule has 0 spiro atoms. The molecule has 0 fully saturated rings. The highest BCUT2D eigenvalue weighted by atomic mass is 32.2. The molecule has 0 unspecified atom stereocenters. The molecular formula is C20H23NO4S. The number of aryl methyl sites for hydroxylation is 2. The van der Waals surface area contributed by atoms with Crippen LogP contribution in [-0.2, 0) is 14.3 Å². The predicted molar refractivity (Wildman–Crippen MR) is 103 cm³/mol. The Hall–Kier alpha value is -2.47. The molecule has 2 aromatic rings. The Morgan fingerprint density at radius 1 is 1.00 bits per heavy atom. The molecule has 2 aromatic carbocycles. The van der Waals surface area contributed by atoms with Crippen LogP contribution in [0.25, 0.3) is 0 Å². The summed E-state index contributed by atoms with van der Waals surface area (Å²) in [5.74, 6) is 0.484. The van der Waals surface area contributed by atoms with E-state index in [0.29, 0.717) is 12.3 Å². The molecule has 0 aromatic heterocycles. The molecule has 0 aliphatic carbocycles. The van der Waals surface area contributed by atoms with Crippen molar-refractivity contribution in [3.8, 4) is 5.75 Å². The Morgan fingerprint density at radius 3 is 2.46 bits per heavy atom. The van der Waals surface area contributed by atoms with Crippen molar-refractivity contribution in [3.05, 3.63) is 59.7 Å². The zero-order valence-electron chi connectivity index (χ0n) is 15.0. The van der Waals surface area contributed by atoms with Crippen LogP contribution in [0.1, 0.15) is 11.1 Å². The fraction of sp³-hybridized carbons (Fsp3) is 0.300. The number of rotatable bonds is 9. The number of nitrogens with one attached hydrogen (secondary N) is 1. The molecule has 0 heterocycles. The van der Waals surface area contributed by atoms with Gasteiger partial charge in [0, 0.05) is 17.2 Å². The molecule has 6 heteroatoms. The highest BCUT2D eigenvalue weighted by Crippen LogP contribution is 2.17. The van der Waals surface area contributed by atoms with Gasteiger partial charge in [-0.1, -0.05) is 35.9 Å². The summed E-state index contributed by atoms with van der Waals surface area (Å²) < 4.78 is 10.3. The number of hydrogen-bond acceptors (Lipinski definition) is 5. The van der Waals surface area contributed by atoms with Crippen molar-refractivity contribution in [2.24, 2.45) is 0 Å². The molecule has 138 valence electrons. The lowest BCUT2D eigenvalue weighted by atomic mass is 10.2. The standard InChI is InChI=1S/C20H23NO4S/c1-15-7-9-17(10-8-15)26-12-11-21-19(22)13-25-20(23)14-24-18-6-4-3-5-16(18)2/h3-10H,11-14H2,1-2H3,(H,21,22). The van der Waals surface area contributed by atoms with Crippen LogP contribution in [0.4, 0.5) is 0 Å². The number of carbonyl (C=O) groups excluding carboxylic acids is 2. The second-order valence-corrected chi connectivity index (χ2v) is 6.89. The van der Waals surface area contributed by atoms with Crippen molar-refractivity contribution in [1.29, 1.82) is 0 Å². The van der Waals surface area contributed by atoms with E-state index < -0.39 is 5.97 Å².